The fourth-order valence-electron chi connectivity index (χ4n) is 2.08. The van der Waals surface area contributed by atoms with Crippen molar-refractivity contribution in [3.8, 4) is 0 Å². The van der Waals surface area contributed by atoms with E-state index in [4.69, 9.17) is 0 Å². The number of aromatic nitrogens is 1. The van der Waals surface area contributed by atoms with Crippen molar-refractivity contribution in [2.75, 3.05) is 0 Å². The first-order valence-electron chi connectivity index (χ1n) is 6.77. The second-order valence-electron chi connectivity index (χ2n) is 4.86. The predicted octanol–water partition coefficient (Wildman–Crippen LogP) is 3.43. The summed E-state index contributed by atoms with van der Waals surface area (Å²) in [7, 11) is 0. The molecule has 2 atom stereocenters. The average Bonchev–Trinajstić information content (AvgIpc) is 2.38. The van der Waals surface area contributed by atoms with Crippen molar-refractivity contribution in [1.29, 1.82) is 0 Å². The lowest BCUT2D eigenvalue weighted by atomic mass is 10.1. The zero-order chi connectivity index (χ0) is 13.7. The molecule has 0 saturated carbocycles. The van der Waals surface area contributed by atoms with Gasteiger partial charge in [0.2, 0.25) is 0 Å². The van der Waals surface area contributed by atoms with Gasteiger partial charge >= 0.3 is 0 Å². The van der Waals surface area contributed by atoms with Crippen molar-refractivity contribution in [2.45, 2.75) is 59.5 Å². The Balaban J connectivity index is 3.07. The first-order chi connectivity index (χ1) is 8.52. The number of rotatable bonds is 5. The molecule has 0 bridgehead atoms. The van der Waals surface area contributed by atoms with Gasteiger partial charge in [0, 0.05) is 24.0 Å². The molecule has 3 nitrogen and oxygen atoms in total. The SMILES string of the molecule is CC[C@@H](C)N(C(=O)c1cccnc1C)[C@H](C)CC. The van der Waals surface area contributed by atoms with Crippen molar-refractivity contribution in [2.24, 2.45) is 0 Å². The molecule has 1 rings (SSSR count). The summed E-state index contributed by atoms with van der Waals surface area (Å²) in [5.74, 6) is 0.101. The molecule has 0 radical (unpaired) electrons. The topological polar surface area (TPSA) is 33.2 Å². The van der Waals surface area contributed by atoms with Crippen molar-refractivity contribution >= 4 is 5.91 Å². The molecule has 0 N–H and O–H groups in total. The molecular weight excluding hydrogens is 224 g/mol. The average molecular weight is 248 g/mol. The number of amides is 1. The molecule has 0 fully saturated rings. The van der Waals surface area contributed by atoms with Crippen LogP contribution in [0.2, 0.25) is 0 Å². The molecule has 18 heavy (non-hydrogen) atoms. The maximum atomic E-state index is 12.7. The van der Waals surface area contributed by atoms with Crippen LogP contribution in [0.4, 0.5) is 0 Å². The number of aryl methyl sites for hydroxylation is 1. The minimum absolute atomic E-state index is 0.101. The van der Waals surface area contributed by atoms with Gasteiger partial charge in [-0.1, -0.05) is 13.8 Å². The molecule has 0 unspecified atom stereocenters. The van der Waals surface area contributed by atoms with Crippen LogP contribution in [0, 0.1) is 6.92 Å². The Kier molecular flexibility index (Phi) is 5.32. The zero-order valence-corrected chi connectivity index (χ0v) is 12.1. The molecule has 1 amide bonds. The number of carbonyl (C=O) groups is 1. The summed E-state index contributed by atoms with van der Waals surface area (Å²) in [6.07, 6.45) is 3.66. The van der Waals surface area contributed by atoms with Crippen molar-refractivity contribution in [3.05, 3.63) is 29.6 Å². The summed E-state index contributed by atoms with van der Waals surface area (Å²) in [6, 6.07) is 4.20. The Hall–Kier alpha value is -1.38. The third-order valence-corrected chi connectivity index (χ3v) is 3.60. The zero-order valence-electron chi connectivity index (χ0n) is 12.1. The molecule has 1 aromatic rings. The van der Waals surface area contributed by atoms with Crippen molar-refractivity contribution in [3.63, 3.8) is 0 Å². The largest absolute Gasteiger partial charge is 0.333 e. The molecule has 1 aromatic heterocycles. The normalized spacial score (nSPS) is 14.1. The summed E-state index contributed by atoms with van der Waals surface area (Å²) >= 11 is 0. The predicted molar refractivity (Wildman–Crippen MR) is 74.6 cm³/mol. The van der Waals surface area contributed by atoms with Crippen LogP contribution in [0.1, 0.15) is 56.6 Å². The minimum atomic E-state index is 0.101. The van der Waals surface area contributed by atoms with E-state index < -0.39 is 0 Å². The van der Waals surface area contributed by atoms with Gasteiger partial charge in [0.1, 0.15) is 0 Å². The highest BCUT2D eigenvalue weighted by Crippen LogP contribution is 2.17. The Labute approximate surface area is 110 Å². The van der Waals surface area contributed by atoms with Crippen molar-refractivity contribution < 1.29 is 4.79 Å². The second-order valence-corrected chi connectivity index (χ2v) is 4.86. The maximum Gasteiger partial charge on any atom is 0.256 e. The van der Waals surface area contributed by atoms with Gasteiger partial charge in [0.25, 0.3) is 5.91 Å². The minimum Gasteiger partial charge on any atom is -0.333 e. The van der Waals surface area contributed by atoms with E-state index in [1.54, 1.807) is 6.20 Å². The van der Waals surface area contributed by atoms with Crippen LogP contribution in [-0.2, 0) is 0 Å². The molecule has 3 heteroatoms. The summed E-state index contributed by atoms with van der Waals surface area (Å²) in [6.45, 7) is 10.3. The number of hydrogen-bond acceptors (Lipinski definition) is 2. The van der Waals surface area contributed by atoms with E-state index in [1.807, 2.05) is 24.0 Å². The van der Waals surface area contributed by atoms with E-state index in [-0.39, 0.29) is 18.0 Å². The molecule has 0 saturated heterocycles. The smallest absolute Gasteiger partial charge is 0.256 e. The third kappa shape index (κ3) is 3.09. The molecule has 1 heterocycles. The van der Waals surface area contributed by atoms with Gasteiger partial charge in [0.15, 0.2) is 0 Å². The van der Waals surface area contributed by atoms with E-state index >= 15 is 0 Å². The lowest BCUT2D eigenvalue weighted by Crippen LogP contribution is -2.44. The molecular formula is C15H24N2O. The Morgan fingerprint density at radius 2 is 1.83 bits per heavy atom. The quantitative estimate of drug-likeness (QED) is 0.800. The van der Waals surface area contributed by atoms with E-state index in [1.165, 1.54) is 0 Å². The fourth-order valence-corrected chi connectivity index (χ4v) is 2.08. The maximum absolute atomic E-state index is 12.7. The van der Waals surface area contributed by atoms with Gasteiger partial charge in [0.05, 0.1) is 5.56 Å². The summed E-state index contributed by atoms with van der Waals surface area (Å²) in [5, 5.41) is 0. The number of hydrogen-bond donors (Lipinski definition) is 0. The van der Waals surface area contributed by atoms with Gasteiger partial charge in [-0.25, -0.2) is 0 Å². The highest BCUT2D eigenvalue weighted by atomic mass is 16.2. The molecule has 0 aliphatic carbocycles. The molecule has 100 valence electrons. The van der Waals surface area contributed by atoms with Crippen LogP contribution >= 0.6 is 0 Å². The van der Waals surface area contributed by atoms with E-state index in [0.29, 0.717) is 0 Å². The van der Waals surface area contributed by atoms with Gasteiger partial charge in [-0.05, 0) is 45.7 Å². The highest BCUT2D eigenvalue weighted by molar-refractivity contribution is 5.95. The van der Waals surface area contributed by atoms with Crippen LogP contribution in [0.3, 0.4) is 0 Å². The van der Waals surface area contributed by atoms with Crippen LogP contribution in [-0.4, -0.2) is 27.9 Å². The number of carbonyl (C=O) groups excluding carboxylic acids is 1. The Morgan fingerprint density at radius 3 is 2.28 bits per heavy atom. The van der Waals surface area contributed by atoms with E-state index in [2.05, 4.69) is 32.7 Å². The first-order valence-corrected chi connectivity index (χ1v) is 6.77. The summed E-state index contributed by atoms with van der Waals surface area (Å²) in [5.41, 5.74) is 1.53. The van der Waals surface area contributed by atoms with Crippen LogP contribution in [0.25, 0.3) is 0 Å². The fraction of sp³-hybridized carbons (Fsp3) is 0.600. The van der Waals surface area contributed by atoms with Gasteiger partial charge in [-0.3, -0.25) is 9.78 Å². The second kappa shape index (κ2) is 6.53. The number of nitrogens with zero attached hydrogens (tertiary/aromatic N) is 2. The summed E-state index contributed by atoms with van der Waals surface area (Å²) < 4.78 is 0. The van der Waals surface area contributed by atoms with Gasteiger partial charge in [-0.15, -0.1) is 0 Å². The van der Waals surface area contributed by atoms with E-state index in [9.17, 15) is 4.79 Å². The standard InChI is InChI=1S/C15H24N2O/c1-6-11(3)17(12(4)7-2)15(18)14-9-8-10-16-13(14)5/h8-12H,6-7H2,1-5H3/t11-,12-/m1/s1. The molecule has 0 aromatic carbocycles. The lowest BCUT2D eigenvalue weighted by molar-refractivity contribution is 0.0597. The third-order valence-electron chi connectivity index (χ3n) is 3.60. The monoisotopic (exact) mass is 248 g/mol. The van der Waals surface area contributed by atoms with Gasteiger partial charge < -0.3 is 4.90 Å². The summed E-state index contributed by atoms with van der Waals surface area (Å²) in [4.78, 5) is 18.8. The van der Waals surface area contributed by atoms with Crippen molar-refractivity contribution in [1.82, 2.24) is 9.88 Å². The Morgan fingerprint density at radius 1 is 1.28 bits per heavy atom. The first kappa shape index (κ1) is 14.7. The van der Waals surface area contributed by atoms with Crippen LogP contribution in [0.15, 0.2) is 18.3 Å². The van der Waals surface area contributed by atoms with E-state index in [0.717, 1.165) is 24.1 Å². The highest BCUT2D eigenvalue weighted by Gasteiger charge is 2.25. The molecule has 0 aliphatic rings. The Bertz CT molecular complexity index is 393. The lowest BCUT2D eigenvalue weighted by Gasteiger charge is -2.34. The van der Waals surface area contributed by atoms with Crippen LogP contribution in [0.5, 0.6) is 0 Å². The molecule has 0 aliphatic heterocycles. The van der Waals surface area contributed by atoms with Crippen LogP contribution < -0.4 is 0 Å². The number of pyridine rings is 1. The van der Waals surface area contributed by atoms with Gasteiger partial charge in [-0.2, -0.15) is 0 Å². The molecule has 0 spiro atoms.